The van der Waals surface area contributed by atoms with E-state index in [4.69, 9.17) is 0 Å². The molecule has 0 amide bonds. The summed E-state index contributed by atoms with van der Waals surface area (Å²) in [7, 11) is 0. The maximum Gasteiger partial charge on any atom is 0.00674 e. The first-order valence-corrected chi connectivity index (χ1v) is 5.26. The fourth-order valence-corrected chi connectivity index (χ4v) is 1.84. The third-order valence-electron chi connectivity index (χ3n) is 2.27. The third kappa shape index (κ3) is 2.24. The monoisotopic (exact) mass is 205 g/mol. The van der Waals surface area contributed by atoms with Gasteiger partial charge < -0.3 is 4.90 Å². The van der Waals surface area contributed by atoms with Gasteiger partial charge in [0.1, 0.15) is 0 Å². The number of hydrogen-bond donors (Lipinski definition) is 0. The maximum atomic E-state index is 3.45. The summed E-state index contributed by atoms with van der Waals surface area (Å²) in [5.41, 5.74) is 0. The number of likely N-dealkylation sites (tertiary alicyclic amines) is 1. The Hall–Kier alpha value is 0.440. The lowest BCUT2D eigenvalue weighted by Gasteiger charge is -2.19. The topological polar surface area (TPSA) is 3.24 Å². The van der Waals surface area contributed by atoms with E-state index in [1.54, 1.807) is 0 Å². The predicted molar refractivity (Wildman–Crippen MR) is 48.7 cm³/mol. The van der Waals surface area contributed by atoms with E-state index in [1.165, 1.54) is 32.4 Å². The number of hydrogen-bond acceptors (Lipinski definition) is 1. The van der Waals surface area contributed by atoms with Crippen LogP contribution < -0.4 is 0 Å². The summed E-state index contributed by atoms with van der Waals surface area (Å²) in [4.78, 5) is 2.58. The van der Waals surface area contributed by atoms with Crippen LogP contribution in [0.5, 0.6) is 0 Å². The number of nitrogens with zero attached hydrogens (tertiary/aromatic N) is 1. The van der Waals surface area contributed by atoms with Crippen LogP contribution in [0.4, 0.5) is 0 Å². The van der Waals surface area contributed by atoms with Crippen LogP contribution in [-0.4, -0.2) is 29.4 Å². The first-order chi connectivity index (χ1) is 4.84. The molecule has 1 nitrogen and oxygen atoms in total. The van der Waals surface area contributed by atoms with Crippen molar-refractivity contribution in [3.05, 3.63) is 0 Å². The van der Waals surface area contributed by atoms with Crippen molar-refractivity contribution in [2.75, 3.05) is 18.4 Å². The fourth-order valence-electron chi connectivity index (χ4n) is 1.59. The highest BCUT2D eigenvalue weighted by molar-refractivity contribution is 9.09. The molecule has 0 bridgehead atoms. The van der Waals surface area contributed by atoms with Gasteiger partial charge in [-0.05, 0) is 39.3 Å². The van der Waals surface area contributed by atoms with Gasteiger partial charge >= 0.3 is 0 Å². The van der Waals surface area contributed by atoms with Gasteiger partial charge in [0.15, 0.2) is 0 Å². The Bertz CT molecular complexity index is 95.3. The Morgan fingerprint density at radius 1 is 1.60 bits per heavy atom. The van der Waals surface area contributed by atoms with Crippen molar-refractivity contribution in [1.82, 2.24) is 4.90 Å². The van der Waals surface area contributed by atoms with E-state index in [9.17, 15) is 0 Å². The van der Waals surface area contributed by atoms with Crippen molar-refractivity contribution in [1.29, 1.82) is 0 Å². The maximum absolute atomic E-state index is 3.45. The van der Waals surface area contributed by atoms with Crippen molar-refractivity contribution < 1.29 is 0 Å². The zero-order valence-corrected chi connectivity index (χ0v) is 8.23. The van der Waals surface area contributed by atoms with Crippen LogP contribution >= 0.6 is 15.9 Å². The minimum atomic E-state index is 0.846. The van der Waals surface area contributed by atoms with E-state index in [1.807, 2.05) is 0 Å². The van der Waals surface area contributed by atoms with E-state index in [-0.39, 0.29) is 0 Å². The second kappa shape index (κ2) is 4.35. The van der Waals surface area contributed by atoms with Crippen molar-refractivity contribution in [2.24, 2.45) is 0 Å². The summed E-state index contributed by atoms with van der Waals surface area (Å²) >= 11 is 3.45. The van der Waals surface area contributed by atoms with Gasteiger partial charge in [-0.25, -0.2) is 0 Å². The van der Waals surface area contributed by atoms with Crippen molar-refractivity contribution in [3.8, 4) is 0 Å². The second-order valence-corrected chi connectivity index (χ2v) is 3.86. The highest BCUT2D eigenvalue weighted by Crippen LogP contribution is 2.16. The molecule has 60 valence electrons. The highest BCUT2D eigenvalue weighted by atomic mass is 79.9. The second-order valence-electron chi connectivity index (χ2n) is 3.07. The van der Waals surface area contributed by atoms with Gasteiger partial charge in [-0.2, -0.15) is 0 Å². The summed E-state index contributed by atoms with van der Waals surface area (Å²) in [6.45, 7) is 4.95. The van der Waals surface area contributed by atoms with Crippen LogP contribution in [0.25, 0.3) is 0 Å². The van der Waals surface area contributed by atoms with Gasteiger partial charge in [-0.3, -0.25) is 0 Å². The molecule has 1 aliphatic heterocycles. The number of alkyl halides is 1. The van der Waals surface area contributed by atoms with Gasteiger partial charge in [0.25, 0.3) is 0 Å². The lowest BCUT2D eigenvalue weighted by molar-refractivity contribution is 0.270. The smallest absolute Gasteiger partial charge is 0.00674 e. The molecule has 2 heteroatoms. The molecule has 0 N–H and O–H groups in total. The van der Waals surface area contributed by atoms with Crippen molar-refractivity contribution in [3.63, 3.8) is 0 Å². The molecule has 0 spiro atoms. The summed E-state index contributed by atoms with van der Waals surface area (Å²) in [5.74, 6) is 0. The Labute approximate surface area is 71.9 Å². The minimum absolute atomic E-state index is 0.846. The normalized spacial score (nSPS) is 27.6. The molecule has 0 aliphatic carbocycles. The molecule has 0 unspecified atom stereocenters. The van der Waals surface area contributed by atoms with Crippen LogP contribution in [0.3, 0.4) is 0 Å². The lowest BCUT2D eigenvalue weighted by atomic mass is 10.2. The molecular formula is C8H16BrN. The van der Waals surface area contributed by atoms with Crippen LogP contribution in [0.15, 0.2) is 0 Å². The SMILES string of the molecule is C[C@@H]1CCCN1CCCBr. The molecule has 1 heterocycles. The first-order valence-electron chi connectivity index (χ1n) is 4.14. The summed E-state index contributed by atoms with van der Waals surface area (Å²) in [6, 6.07) is 0.846. The van der Waals surface area contributed by atoms with E-state index < -0.39 is 0 Å². The number of halogens is 1. The standard InChI is InChI=1S/C8H16BrN/c1-8-4-2-6-10(8)7-3-5-9/h8H,2-7H2,1H3/t8-/m1/s1. The Morgan fingerprint density at radius 3 is 2.90 bits per heavy atom. The quantitative estimate of drug-likeness (QED) is 0.640. The zero-order chi connectivity index (χ0) is 7.40. The van der Waals surface area contributed by atoms with E-state index in [2.05, 4.69) is 27.8 Å². The molecule has 1 fully saturated rings. The summed E-state index contributed by atoms with van der Waals surface area (Å²) in [5, 5.41) is 1.15. The van der Waals surface area contributed by atoms with Gasteiger partial charge in [0, 0.05) is 11.4 Å². The highest BCUT2D eigenvalue weighted by Gasteiger charge is 2.18. The average Bonchev–Trinajstić information content (AvgIpc) is 2.31. The molecular weight excluding hydrogens is 190 g/mol. The van der Waals surface area contributed by atoms with E-state index >= 15 is 0 Å². The molecule has 1 saturated heterocycles. The van der Waals surface area contributed by atoms with E-state index in [0.717, 1.165) is 11.4 Å². The van der Waals surface area contributed by atoms with Crippen molar-refractivity contribution >= 4 is 15.9 Å². The molecule has 0 aromatic carbocycles. The minimum Gasteiger partial charge on any atom is -0.301 e. The van der Waals surface area contributed by atoms with Gasteiger partial charge in [-0.15, -0.1) is 0 Å². The predicted octanol–water partition coefficient (Wildman–Crippen LogP) is 2.26. The number of rotatable bonds is 3. The molecule has 1 atom stereocenters. The van der Waals surface area contributed by atoms with Crippen LogP contribution in [0.2, 0.25) is 0 Å². The Balaban J connectivity index is 2.14. The largest absolute Gasteiger partial charge is 0.301 e. The first kappa shape index (κ1) is 8.54. The average molecular weight is 206 g/mol. The molecule has 0 radical (unpaired) electrons. The Morgan fingerprint density at radius 2 is 2.40 bits per heavy atom. The Kier molecular flexibility index (Phi) is 3.71. The van der Waals surface area contributed by atoms with Gasteiger partial charge in [-0.1, -0.05) is 15.9 Å². The molecule has 0 aromatic rings. The molecule has 10 heavy (non-hydrogen) atoms. The fraction of sp³-hybridized carbons (Fsp3) is 1.00. The van der Waals surface area contributed by atoms with Crippen molar-refractivity contribution in [2.45, 2.75) is 32.2 Å². The summed E-state index contributed by atoms with van der Waals surface area (Å²) in [6.07, 6.45) is 4.11. The van der Waals surface area contributed by atoms with E-state index in [0.29, 0.717) is 0 Å². The molecule has 1 rings (SSSR count). The molecule has 1 aliphatic rings. The van der Waals surface area contributed by atoms with Crippen LogP contribution in [-0.2, 0) is 0 Å². The summed E-state index contributed by atoms with van der Waals surface area (Å²) < 4.78 is 0. The third-order valence-corrected chi connectivity index (χ3v) is 2.83. The molecule has 0 saturated carbocycles. The van der Waals surface area contributed by atoms with Gasteiger partial charge in [0.2, 0.25) is 0 Å². The van der Waals surface area contributed by atoms with Crippen LogP contribution in [0.1, 0.15) is 26.2 Å². The molecule has 0 aromatic heterocycles. The van der Waals surface area contributed by atoms with Gasteiger partial charge in [0.05, 0.1) is 0 Å². The van der Waals surface area contributed by atoms with Crippen LogP contribution in [0, 0.1) is 0 Å². The zero-order valence-electron chi connectivity index (χ0n) is 6.65. The lowest BCUT2D eigenvalue weighted by Crippen LogP contribution is -2.27.